The first kappa shape index (κ1) is 12.4. The maximum Gasteiger partial charge on any atom is 0.0363 e. The zero-order chi connectivity index (χ0) is 12.1. The minimum Gasteiger partial charge on any atom is -0.374 e. The molecule has 1 aliphatic rings. The second-order valence-corrected chi connectivity index (χ2v) is 5.33. The Kier molecular flexibility index (Phi) is 4.06. The van der Waals surface area contributed by atoms with Crippen LogP contribution < -0.4 is 10.2 Å². The molecule has 1 aromatic carbocycles. The van der Waals surface area contributed by atoms with Crippen LogP contribution in [0.1, 0.15) is 26.2 Å². The first-order chi connectivity index (χ1) is 8.26. The molecule has 1 unspecified atom stereocenters. The van der Waals surface area contributed by atoms with Gasteiger partial charge in [-0.2, -0.15) is 0 Å². The number of anilines is 1. The Morgan fingerprint density at radius 1 is 1.29 bits per heavy atom. The number of piperidine rings is 1. The topological polar surface area (TPSA) is 15.3 Å². The standard InChI is InChI=1S/C15H24N2/c1-3-15(10-7-11-16-12-15)13-17(2)14-8-5-4-6-9-14/h4-6,8-9,16H,3,7,10-13H2,1-2H3. The molecule has 1 aromatic rings. The van der Waals surface area contributed by atoms with Crippen LogP contribution in [-0.2, 0) is 0 Å². The zero-order valence-corrected chi connectivity index (χ0v) is 11.1. The van der Waals surface area contributed by atoms with E-state index in [1.807, 2.05) is 0 Å². The maximum atomic E-state index is 3.56. The fourth-order valence-electron chi connectivity index (χ4n) is 2.86. The summed E-state index contributed by atoms with van der Waals surface area (Å²) in [6.07, 6.45) is 3.93. The van der Waals surface area contributed by atoms with Gasteiger partial charge < -0.3 is 10.2 Å². The zero-order valence-electron chi connectivity index (χ0n) is 11.1. The van der Waals surface area contributed by atoms with E-state index in [1.165, 1.54) is 38.0 Å². The minimum atomic E-state index is 0.461. The summed E-state index contributed by atoms with van der Waals surface area (Å²) in [7, 11) is 2.21. The summed E-state index contributed by atoms with van der Waals surface area (Å²) in [5.41, 5.74) is 1.79. The van der Waals surface area contributed by atoms with Crippen LogP contribution in [0.15, 0.2) is 30.3 Å². The van der Waals surface area contributed by atoms with Crippen LogP contribution in [0, 0.1) is 5.41 Å². The highest BCUT2D eigenvalue weighted by Gasteiger charge is 2.31. The smallest absolute Gasteiger partial charge is 0.0363 e. The van der Waals surface area contributed by atoms with Crippen molar-refractivity contribution in [2.45, 2.75) is 26.2 Å². The monoisotopic (exact) mass is 232 g/mol. The van der Waals surface area contributed by atoms with Crippen LogP contribution in [-0.4, -0.2) is 26.7 Å². The van der Waals surface area contributed by atoms with Crippen molar-refractivity contribution in [2.75, 3.05) is 31.6 Å². The van der Waals surface area contributed by atoms with Crippen molar-refractivity contribution >= 4 is 5.69 Å². The lowest BCUT2D eigenvalue weighted by atomic mass is 9.78. The fourth-order valence-corrected chi connectivity index (χ4v) is 2.86. The van der Waals surface area contributed by atoms with E-state index in [4.69, 9.17) is 0 Å². The third-order valence-electron chi connectivity index (χ3n) is 4.08. The molecule has 1 aliphatic heterocycles. The second kappa shape index (κ2) is 5.54. The number of hydrogen-bond acceptors (Lipinski definition) is 2. The van der Waals surface area contributed by atoms with E-state index in [-0.39, 0.29) is 0 Å². The van der Waals surface area contributed by atoms with Crippen molar-refractivity contribution in [1.82, 2.24) is 5.32 Å². The summed E-state index contributed by atoms with van der Waals surface area (Å²) in [6.45, 7) is 5.84. The molecule has 0 spiro atoms. The first-order valence-corrected chi connectivity index (χ1v) is 6.73. The van der Waals surface area contributed by atoms with E-state index in [0.717, 1.165) is 6.54 Å². The average molecular weight is 232 g/mol. The lowest BCUT2D eigenvalue weighted by Gasteiger charge is -2.40. The molecule has 1 fully saturated rings. The Bertz CT molecular complexity index is 328. The van der Waals surface area contributed by atoms with E-state index < -0.39 is 0 Å². The van der Waals surface area contributed by atoms with Gasteiger partial charge in [-0.15, -0.1) is 0 Å². The molecule has 1 N–H and O–H groups in total. The van der Waals surface area contributed by atoms with E-state index in [0.29, 0.717) is 5.41 Å². The highest BCUT2D eigenvalue weighted by Crippen LogP contribution is 2.32. The molecule has 1 atom stereocenters. The normalized spacial score (nSPS) is 24.6. The Balaban J connectivity index is 2.03. The number of para-hydroxylation sites is 1. The van der Waals surface area contributed by atoms with Gasteiger partial charge in [0.05, 0.1) is 0 Å². The summed E-state index contributed by atoms with van der Waals surface area (Å²) >= 11 is 0. The van der Waals surface area contributed by atoms with E-state index in [1.54, 1.807) is 0 Å². The second-order valence-electron chi connectivity index (χ2n) is 5.33. The predicted molar refractivity (Wildman–Crippen MR) is 74.5 cm³/mol. The molecular weight excluding hydrogens is 208 g/mol. The van der Waals surface area contributed by atoms with Crippen molar-refractivity contribution in [3.8, 4) is 0 Å². The summed E-state index contributed by atoms with van der Waals surface area (Å²) in [6, 6.07) is 10.7. The molecule has 0 saturated carbocycles. The van der Waals surface area contributed by atoms with Crippen molar-refractivity contribution in [3.05, 3.63) is 30.3 Å². The van der Waals surface area contributed by atoms with Gasteiger partial charge in [-0.1, -0.05) is 25.1 Å². The van der Waals surface area contributed by atoms with Crippen LogP contribution in [0.25, 0.3) is 0 Å². The first-order valence-electron chi connectivity index (χ1n) is 6.73. The van der Waals surface area contributed by atoms with Crippen molar-refractivity contribution in [2.24, 2.45) is 5.41 Å². The van der Waals surface area contributed by atoms with Gasteiger partial charge in [0, 0.05) is 31.2 Å². The maximum absolute atomic E-state index is 3.56. The van der Waals surface area contributed by atoms with Crippen molar-refractivity contribution in [3.63, 3.8) is 0 Å². The van der Waals surface area contributed by atoms with Gasteiger partial charge in [0.1, 0.15) is 0 Å². The molecule has 0 aromatic heterocycles. The fraction of sp³-hybridized carbons (Fsp3) is 0.600. The SMILES string of the molecule is CCC1(CN(C)c2ccccc2)CCCNC1. The Morgan fingerprint density at radius 2 is 2.06 bits per heavy atom. The molecule has 0 amide bonds. The number of rotatable bonds is 4. The van der Waals surface area contributed by atoms with Gasteiger partial charge in [0.25, 0.3) is 0 Å². The summed E-state index contributed by atoms with van der Waals surface area (Å²) < 4.78 is 0. The number of benzene rings is 1. The van der Waals surface area contributed by atoms with E-state index >= 15 is 0 Å². The Morgan fingerprint density at radius 3 is 2.65 bits per heavy atom. The molecule has 2 nitrogen and oxygen atoms in total. The van der Waals surface area contributed by atoms with E-state index in [2.05, 4.69) is 54.5 Å². The van der Waals surface area contributed by atoms with Crippen LogP contribution in [0.5, 0.6) is 0 Å². The molecule has 0 aliphatic carbocycles. The van der Waals surface area contributed by atoms with E-state index in [9.17, 15) is 0 Å². The van der Waals surface area contributed by atoms with Gasteiger partial charge in [0.15, 0.2) is 0 Å². The summed E-state index contributed by atoms with van der Waals surface area (Å²) in [5, 5.41) is 3.56. The minimum absolute atomic E-state index is 0.461. The van der Waals surface area contributed by atoms with Crippen LogP contribution in [0.2, 0.25) is 0 Å². The number of nitrogens with zero attached hydrogens (tertiary/aromatic N) is 1. The largest absolute Gasteiger partial charge is 0.374 e. The average Bonchev–Trinajstić information content (AvgIpc) is 2.41. The Hall–Kier alpha value is -1.02. The lowest BCUT2D eigenvalue weighted by molar-refractivity contribution is 0.207. The quantitative estimate of drug-likeness (QED) is 0.858. The third-order valence-corrected chi connectivity index (χ3v) is 4.08. The van der Waals surface area contributed by atoms with Crippen LogP contribution in [0.4, 0.5) is 5.69 Å². The number of hydrogen-bond donors (Lipinski definition) is 1. The molecular formula is C15H24N2. The van der Waals surface area contributed by atoms with Crippen LogP contribution >= 0.6 is 0 Å². The highest BCUT2D eigenvalue weighted by molar-refractivity contribution is 5.45. The Labute approximate surface area is 105 Å². The molecule has 0 radical (unpaired) electrons. The van der Waals surface area contributed by atoms with Crippen molar-refractivity contribution < 1.29 is 0 Å². The predicted octanol–water partition coefficient (Wildman–Crippen LogP) is 2.90. The van der Waals surface area contributed by atoms with Crippen molar-refractivity contribution in [1.29, 1.82) is 0 Å². The number of nitrogens with one attached hydrogen (secondary N) is 1. The summed E-state index contributed by atoms with van der Waals surface area (Å²) in [4.78, 5) is 2.40. The molecule has 2 heteroatoms. The molecule has 1 heterocycles. The van der Waals surface area contributed by atoms with Gasteiger partial charge in [-0.3, -0.25) is 0 Å². The third kappa shape index (κ3) is 3.01. The summed E-state index contributed by atoms with van der Waals surface area (Å²) in [5.74, 6) is 0. The lowest BCUT2D eigenvalue weighted by Crippen LogP contribution is -2.46. The molecule has 2 rings (SSSR count). The molecule has 17 heavy (non-hydrogen) atoms. The molecule has 1 saturated heterocycles. The molecule has 0 bridgehead atoms. The van der Waals surface area contributed by atoms with Gasteiger partial charge >= 0.3 is 0 Å². The van der Waals surface area contributed by atoms with Crippen LogP contribution in [0.3, 0.4) is 0 Å². The highest BCUT2D eigenvalue weighted by atomic mass is 15.1. The van der Waals surface area contributed by atoms with Gasteiger partial charge in [0.2, 0.25) is 0 Å². The molecule has 94 valence electrons. The van der Waals surface area contributed by atoms with Gasteiger partial charge in [-0.25, -0.2) is 0 Å². The van der Waals surface area contributed by atoms with Gasteiger partial charge in [-0.05, 0) is 37.9 Å².